The largest absolute Gasteiger partial charge is 0.384 e. The Morgan fingerprint density at radius 1 is 1.19 bits per heavy atom. The molecule has 4 nitrogen and oxygen atoms in total. The Morgan fingerprint density at radius 3 is 2.00 bits per heavy atom. The third kappa shape index (κ3) is 6.64. The van der Waals surface area contributed by atoms with Gasteiger partial charge in [0.1, 0.15) is 6.35 Å². The summed E-state index contributed by atoms with van der Waals surface area (Å²) in [4.78, 5) is 0. The monoisotopic (exact) mass is 252 g/mol. The van der Waals surface area contributed by atoms with Crippen molar-refractivity contribution in [3.05, 3.63) is 0 Å². The molecule has 0 aliphatic carbocycles. The third-order valence-corrected chi connectivity index (χ3v) is 4.04. The van der Waals surface area contributed by atoms with Crippen LogP contribution in [0.1, 0.15) is 52.4 Å². The van der Waals surface area contributed by atoms with Gasteiger partial charge in [-0.1, -0.05) is 39.5 Å². The molecular formula is C11H25O4P. The number of unbranched alkanes of at least 4 members (excludes halogenated alkanes) is 2. The van der Waals surface area contributed by atoms with Gasteiger partial charge in [0.2, 0.25) is 0 Å². The molecule has 98 valence electrons. The zero-order valence-electron chi connectivity index (χ0n) is 10.6. The van der Waals surface area contributed by atoms with Crippen molar-refractivity contribution >= 4 is 7.60 Å². The van der Waals surface area contributed by atoms with Crippen LogP contribution in [-0.4, -0.2) is 24.7 Å². The number of hydrogen-bond donors (Lipinski definition) is 1. The molecule has 1 atom stereocenters. The van der Waals surface area contributed by atoms with Gasteiger partial charge >= 0.3 is 7.60 Å². The summed E-state index contributed by atoms with van der Waals surface area (Å²) < 4.78 is 22.0. The van der Waals surface area contributed by atoms with Crippen LogP contribution < -0.4 is 0 Å². The minimum Gasteiger partial charge on any atom is -0.384 e. The van der Waals surface area contributed by atoms with Crippen LogP contribution >= 0.6 is 7.60 Å². The van der Waals surface area contributed by atoms with Crippen LogP contribution in [0.3, 0.4) is 0 Å². The van der Waals surface area contributed by atoms with Gasteiger partial charge in [0.15, 0.2) is 0 Å². The van der Waals surface area contributed by atoms with Gasteiger partial charge in [-0.25, -0.2) is 0 Å². The second kappa shape index (κ2) is 9.17. The van der Waals surface area contributed by atoms with Gasteiger partial charge in [-0.05, 0) is 12.8 Å². The smallest absolute Gasteiger partial charge is 0.355 e. The molecule has 0 saturated carbocycles. The van der Waals surface area contributed by atoms with E-state index in [-0.39, 0.29) is 6.10 Å². The van der Waals surface area contributed by atoms with Crippen LogP contribution in [0.25, 0.3) is 0 Å². The molecule has 0 saturated heterocycles. The average molecular weight is 252 g/mol. The second-order valence-corrected chi connectivity index (χ2v) is 6.03. The normalized spacial score (nSPS) is 15.3. The molecule has 0 rings (SSSR count). The fraction of sp³-hybridized carbons (Fsp3) is 1.00. The van der Waals surface area contributed by atoms with Crippen LogP contribution in [0.5, 0.6) is 0 Å². The van der Waals surface area contributed by atoms with E-state index in [9.17, 15) is 4.57 Å². The summed E-state index contributed by atoms with van der Waals surface area (Å²) in [5, 5.41) is 8.97. The molecule has 0 aromatic carbocycles. The lowest BCUT2D eigenvalue weighted by Gasteiger charge is -2.22. The van der Waals surface area contributed by atoms with Gasteiger partial charge in [-0.3, -0.25) is 4.57 Å². The number of aliphatic hydroxyl groups is 1. The SMILES string of the molecule is CCCCC(CCCC)OP(=O)(CO)OC. The maximum atomic E-state index is 11.8. The predicted molar refractivity (Wildman–Crippen MR) is 65.6 cm³/mol. The van der Waals surface area contributed by atoms with Crippen molar-refractivity contribution in [2.75, 3.05) is 13.5 Å². The van der Waals surface area contributed by atoms with Crippen LogP contribution in [-0.2, 0) is 13.6 Å². The van der Waals surface area contributed by atoms with E-state index in [0.29, 0.717) is 0 Å². The summed E-state index contributed by atoms with van der Waals surface area (Å²) in [5.74, 6) is 0. The van der Waals surface area contributed by atoms with Crippen molar-refractivity contribution in [2.24, 2.45) is 0 Å². The molecule has 0 spiro atoms. The van der Waals surface area contributed by atoms with E-state index in [4.69, 9.17) is 14.2 Å². The standard InChI is InChI=1S/C11H25O4P/c1-4-6-8-11(9-7-5-2)15-16(13,10-12)14-3/h11-12H,4-10H2,1-3H3. The third-order valence-electron chi connectivity index (χ3n) is 2.52. The first-order valence-corrected chi connectivity index (χ1v) is 7.78. The average Bonchev–Trinajstić information content (AvgIpc) is 2.32. The van der Waals surface area contributed by atoms with Crippen LogP contribution in [0, 0.1) is 0 Å². The Labute approximate surface area is 98.9 Å². The first-order valence-electron chi connectivity index (χ1n) is 6.05. The lowest BCUT2D eigenvalue weighted by atomic mass is 10.1. The fourth-order valence-electron chi connectivity index (χ4n) is 1.47. The second-order valence-electron chi connectivity index (χ2n) is 3.95. The highest BCUT2D eigenvalue weighted by Gasteiger charge is 2.26. The van der Waals surface area contributed by atoms with Crippen molar-refractivity contribution in [2.45, 2.75) is 58.5 Å². The lowest BCUT2D eigenvalue weighted by Crippen LogP contribution is -2.13. The Hall–Kier alpha value is 0.110. The van der Waals surface area contributed by atoms with E-state index in [1.54, 1.807) is 0 Å². The molecule has 0 bridgehead atoms. The molecule has 0 aromatic heterocycles. The Bertz CT molecular complexity index is 192. The summed E-state index contributed by atoms with van der Waals surface area (Å²) in [7, 11) is -1.95. The minimum absolute atomic E-state index is 0.0576. The van der Waals surface area contributed by atoms with Gasteiger partial charge in [-0.2, -0.15) is 0 Å². The zero-order chi connectivity index (χ0) is 12.4. The quantitative estimate of drug-likeness (QED) is 0.604. The van der Waals surface area contributed by atoms with Crippen molar-refractivity contribution < 1.29 is 18.7 Å². The van der Waals surface area contributed by atoms with Gasteiger partial charge in [0.25, 0.3) is 0 Å². The predicted octanol–water partition coefficient (Wildman–Crippen LogP) is 3.54. The molecule has 0 radical (unpaired) electrons. The van der Waals surface area contributed by atoms with E-state index in [1.165, 1.54) is 7.11 Å². The van der Waals surface area contributed by atoms with Gasteiger partial charge in [0, 0.05) is 7.11 Å². The van der Waals surface area contributed by atoms with Crippen molar-refractivity contribution in [1.29, 1.82) is 0 Å². The molecule has 0 aromatic rings. The first-order chi connectivity index (χ1) is 7.61. The molecular weight excluding hydrogens is 227 g/mol. The molecule has 0 amide bonds. The molecule has 0 aliphatic rings. The summed E-state index contributed by atoms with van der Waals surface area (Å²) in [6.45, 7) is 4.22. The van der Waals surface area contributed by atoms with E-state index in [0.717, 1.165) is 38.5 Å². The molecule has 1 unspecified atom stereocenters. The van der Waals surface area contributed by atoms with Gasteiger partial charge in [-0.15, -0.1) is 0 Å². The van der Waals surface area contributed by atoms with Gasteiger partial charge < -0.3 is 14.2 Å². The van der Waals surface area contributed by atoms with E-state index < -0.39 is 13.9 Å². The zero-order valence-corrected chi connectivity index (χ0v) is 11.5. The molecule has 5 heteroatoms. The van der Waals surface area contributed by atoms with Crippen molar-refractivity contribution in [3.63, 3.8) is 0 Å². The molecule has 0 aliphatic heterocycles. The maximum absolute atomic E-state index is 11.8. The summed E-state index contributed by atoms with van der Waals surface area (Å²) >= 11 is 0. The number of aliphatic hydroxyl groups excluding tert-OH is 1. The van der Waals surface area contributed by atoms with E-state index >= 15 is 0 Å². The molecule has 1 N–H and O–H groups in total. The highest BCUT2D eigenvalue weighted by atomic mass is 31.2. The first kappa shape index (κ1) is 16.1. The molecule has 16 heavy (non-hydrogen) atoms. The Kier molecular flexibility index (Phi) is 9.24. The summed E-state index contributed by atoms with van der Waals surface area (Å²) in [6, 6.07) is 0. The maximum Gasteiger partial charge on any atom is 0.355 e. The van der Waals surface area contributed by atoms with Gasteiger partial charge in [0.05, 0.1) is 6.10 Å². The van der Waals surface area contributed by atoms with Crippen LogP contribution in [0.15, 0.2) is 0 Å². The highest BCUT2D eigenvalue weighted by molar-refractivity contribution is 7.53. The van der Waals surface area contributed by atoms with Crippen molar-refractivity contribution in [3.8, 4) is 0 Å². The molecule has 0 fully saturated rings. The Balaban J connectivity index is 4.21. The topological polar surface area (TPSA) is 55.8 Å². The Morgan fingerprint density at radius 2 is 1.69 bits per heavy atom. The van der Waals surface area contributed by atoms with Crippen LogP contribution in [0.2, 0.25) is 0 Å². The minimum atomic E-state index is -3.26. The highest BCUT2D eigenvalue weighted by Crippen LogP contribution is 2.48. The van der Waals surface area contributed by atoms with E-state index in [1.807, 2.05) is 0 Å². The lowest BCUT2D eigenvalue weighted by molar-refractivity contribution is 0.127. The number of rotatable bonds is 10. The molecule has 0 heterocycles. The van der Waals surface area contributed by atoms with Crippen molar-refractivity contribution in [1.82, 2.24) is 0 Å². The number of hydrogen-bond acceptors (Lipinski definition) is 4. The fourth-order valence-corrected chi connectivity index (χ4v) is 2.41. The summed E-state index contributed by atoms with van der Waals surface area (Å²) in [6.07, 6.45) is 5.42. The van der Waals surface area contributed by atoms with E-state index in [2.05, 4.69) is 13.8 Å². The van der Waals surface area contributed by atoms with Crippen LogP contribution in [0.4, 0.5) is 0 Å². The summed E-state index contributed by atoms with van der Waals surface area (Å²) in [5.41, 5.74) is 0.